The molecule has 136 valence electrons. The van der Waals surface area contributed by atoms with E-state index in [4.69, 9.17) is 9.15 Å². The smallest absolute Gasteiger partial charge is 0.159 e. The van der Waals surface area contributed by atoms with Crippen LogP contribution in [0.2, 0.25) is 0 Å². The van der Waals surface area contributed by atoms with Gasteiger partial charge in [-0.3, -0.25) is 0 Å². The van der Waals surface area contributed by atoms with E-state index in [-0.39, 0.29) is 0 Å². The molecular formula is C22H26N2O2. The van der Waals surface area contributed by atoms with Gasteiger partial charge in [-0.1, -0.05) is 39.0 Å². The molecule has 0 N–H and O–H groups in total. The molecule has 2 aromatic heterocycles. The monoisotopic (exact) mass is 350 g/mol. The van der Waals surface area contributed by atoms with Crippen LogP contribution in [-0.4, -0.2) is 16.6 Å². The second-order valence-electron chi connectivity index (χ2n) is 6.38. The lowest BCUT2D eigenvalue weighted by molar-refractivity contribution is 0.304. The number of furan rings is 1. The van der Waals surface area contributed by atoms with Gasteiger partial charge in [0.05, 0.1) is 12.9 Å². The summed E-state index contributed by atoms with van der Waals surface area (Å²) in [5.74, 6) is 2.32. The van der Waals surface area contributed by atoms with Gasteiger partial charge in [0.2, 0.25) is 0 Å². The van der Waals surface area contributed by atoms with Crippen LogP contribution in [0.1, 0.15) is 45.4 Å². The van der Waals surface area contributed by atoms with Gasteiger partial charge < -0.3 is 9.15 Å². The number of nitrogens with zero attached hydrogens (tertiary/aromatic N) is 2. The van der Waals surface area contributed by atoms with Crippen LogP contribution in [-0.2, 0) is 0 Å². The van der Waals surface area contributed by atoms with E-state index in [0.717, 1.165) is 35.8 Å². The fraction of sp³-hybridized carbons (Fsp3) is 0.364. The number of unbranched alkanes of at least 4 members (excludes halogenated alkanes) is 5. The van der Waals surface area contributed by atoms with Crippen molar-refractivity contribution in [3.63, 3.8) is 0 Å². The van der Waals surface area contributed by atoms with Crippen LogP contribution < -0.4 is 4.74 Å². The summed E-state index contributed by atoms with van der Waals surface area (Å²) >= 11 is 0. The first-order valence-electron chi connectivity index (χ1n) is 9.47. The SMILES string of the molecule is CCCCCCCCOc1ccc(-c2nccc(-c3ccco3)n2)cc1. The summed E-state index contributed by atoms with van der Waals surface area (Å²) in [6.07, 6.45) is 11.0. The molecule has 0 aliphatic carbocycles. The number of ether oxygens (including phenoxy) is 1. The quantitative estimate of drug-likeness (QED) is 0.412. The number of rotatable bonds is 10. The third-order valence-electron chi connectivity index (χ3n) is 4.31. The standard InChI is InChI=1S/C22H26N2O2/c1-2-3-4-5-6-7-16-25-19-12-10-18(11-13-19)22-23-15-14-20(24-22)21-9-8-17-26-21/h8-15,17H,2-7,16H2,1H3. The van der Waals surface area contributed by atoms with Gasteiger partial charge in [0.1, 0.15) is 11.4 Å². The highest BCUT2D eigenvalue weighted by Crippen LogP contribution is 2.23. The predicted octanol–water partition coefficient (Wildman–Crippen LogP) is 6.14. The van der Waals surface area contributed by atoms with E-state index in [2.05, 4.69) is 16.9 Å². The van der Waals surface area contributed by atoms with Gasteiger partial charge in [-0.2, -0.15) is 0 Å². The summed E-state index contributed by atoms with van der Waals surface area (Å²) < 4.78 is 11.2. The van der Waals surface area contributed by atoms with Crippen LogP contribution in [0, 0.1) is 0 Å². The van der Waals surface area contributed by atoms with Crippen molar-refractivity contribution in [3.05, 3.63) is 54.9 Å². The van der Waals surface area contributed by atoms with E-state index < -0.39 is 0 Å². The Morgan fingerprint density at radius 2 is 1.73 bits per heavy atom. The van der Waals surface area contributed by atoms with E-state index in [9.17, 15) is 0 Å². The first-order chi connectivity index (χ1) is 12.9. The Balaban J connectivity index is 1.52. The lowest BCUT2D eigenvalue weighted by Crippen LogP contribution is -1.97. The zero-order chi connectivity index (χ0) is 18.0. The van der Waals surface area contributed by atoms with Gasteiger partial charge >= 0.3 is 0 Å². The van der Waals surface area contributed by atoms with Crippen molar-refractivity contribution in [1.82, 2.24) is 9.97 Å². The minimum absolute atomic E-state index is 0.682. The molecule has 3 aromatic rings. The van der Waals surface area contributed by atoms with Crippen LogP contribution in [0.5, 0.6) is 5.75 Å². The second-order valence-corrected chi connectivity index (χ2v) is 6.38. The molecule has 4 nitrogen and oxygen atoms in total. The zero-order valence-electron chi connectivity index (χ0n) is 15.4. The van der Waals surface area contributed by atoms with Crippen LogP contribution in [0.3, 0.4) is 0 Å². The molecule has 0 spiro atoms. The van der Waals surface area contributed by atoms with E-state index in [1.807, 2.05) is 42.5 Å². The van der Waals surface area contributed by atoms with Gasteiger partial charge in [-0.25, -0.2) is 9.97 Å². The Hall–Kier alpha value is -2.62. The highest BCUT2D eigenvalue weighted by molar-refractivity contribution is 5.60. The molecule has 0 bridgehead atoms. The first-order valence-corrected chi connectivity index (χ1v) is 9.47. The number of hydrogen-bond donors (Lipinski definition) is 0. The van der Waals surface area contributed by atoms with Crippen molar-refractivity contribution in [2.24, 2.45) is 0 Å². The minimum Gasteiger partial charge on any atom is -0.494 e. The van der Waals surface area contributed by atoms with Crippen molar-refractivity contribution in [3.8, 4) is 28.6 Å². The van der Waals surface area contributed by atoms with Crippen LogP contribution >= 0.6 is 0 Å². The summed E-state index contributed by atoms with van der Waals surface area (Å²) in [7, 11) is 0. The summed E-state index contributed by atoms with van der Waals surface area (Å²) in [5.41, 5.74) is 1.74. The minimum atomic E-state index is 0.682. The summed E-state index contributed by atoms with van der Waals surface area (Å²) in [4.78, 5) is 8.95. The molecule has 3 rings (SSSR count). The van der Waals surface area contributed by atoms with Gasteiger partial charge in [-0.05, 0) is 48.9 Å². The van der Waals surface area contributed by atoms with Crippen LogP contribution in [0.4, 0.5) is 0 Å². The lowest BCUT2D eigenvalue weighted by atomic mass is 10.1. The molecule has 0 aliphatic rings. The van der Waals surface area contributed by atoms with Crippen molar-refractivity contribution >= 4 is 0 Å². The molecule has 0 aliphatic heterocycles. The number of hydrogen-bond acceptors (Lipinski definition) is 4. The summed E-state index contributed by atoms with van der Waals surface area (Å²) in [6, 6.07) is 13.6. The van der Waals surface area contributed by atoms with Gasteiger partial charge in [0.25, 0.3) is 0 Å². The first kappa shape index (κ1) is 18.2. The van der Waals surface area contributed by atoms with Crippen molar-refractivity contribution in [2.75, 3.05) is 6.61 Å². The third kappa shape index (κ3) is 5.19. The van der Waals surface area contributed by atoms with Gasteiger partial charge in [0, 0.05) is 11.8 Å². The third-order valence-corrected chi connectivity index (χ3v) is 4.31. The van der Waals surface area contributed by atoms with Crippen molar-refractivity contribution < 1.29 is 9.15 Å². The molecule has 0 fully saturated rings. The summed E-state index contributed by atoms with van der Waals surface area (Å²) in [6.45, 7) is 3.01. The summed E-state index contributed by atoms with van der Waals surface area (Å²) in [5, 5.41) is 0. The molecule has 1 aromatic carbocycles. The van der Waals surface area contributed by atoms with Crippen LogP contribution in [0.15, 0.2) is 59.3 Å². The Morgan fingerprint density at radius 3 is 2.50 bits per heavy atom. The Labute approximate surface area is 155 Å². The van der Waals surface area contributed by atoms with Gasteiger partial charge in [0.15, 0.2) is 11.6 Å². The average Bonchev–Trinajstić information content (AvgIpc) is 3.23. The van der Waals surface area contributed by atoms with Gasteiger partial charge in [-0.15, -0.1) is 0 Å². The molecule has 0 amide bonds. The largest absolute Gasteiger partial charge is 0.494 e. The maximum absolute atomic E-state index is 5.83. The van der Waals surface area contributed by atoms with E-state index in [1.54, 1.807) is 12.5 Å². The maximum atomic E-state index is 5.83. The Morgan fingerprint density at radius 1 is 0.923 bits per heavy atom. The normalized spacial score (nSPS) is 10.8. The highest BCUT2D eigenvalue weighted by atomic mass is 16.5. The number of aromatic nitrogens is 2. The topological polar surface area (TPSA) is 48.2 Å². The maximum Gasteiger partial charge on any atom is 0.159 e. The molecule has 26 heavy (non-hydrogen) atoms. The number of benzene rings is 1. The van der Waals surface area contributed by atoms with Crippen molar-refractivity contribution in [2.45, 2.75) is 45.4 Å². The molecular weight excluding hydrogens is 324 g/mol. The zero-order valence-corrected chi connectivity index (χ0v) is 15.4. The molecule has 0 saturated carbocycles. The fourth-order valence-electron chi connectivity index (χ4n) is 2.83. The molecule has 0 radical (unpaired) electrons. The highest BCUT2D eigenvalue weighted by Gasteiger charge is 2.06. The van der Waals surface area contributed by atoms with E-state index in [0.29, 0.717) is 5.82 Å². The molecule has 4 heteroatoms. The second kappa shape index (κ2) is 9.76. The Kier molecular flexibility index (Phi) is 6.82. The van der Waals surface area contributed by atoms with E-state index in [1.165, 1.54) is 32.1 Å². The average molecular weight is 350 g/mol. The fourth-order valence-corrected chi connectivity index (χ4v) is 2.83. The molecule has 2 heterocycles. The predicted molar refractivity (Wildman–Crippen MR) is 104 cm³/mol. The van der Waals surface area contributed by atoms with E-state index >= 15 is 0 Å². The molecule has 0 unspecified atom stereocenters. The lowest BCUT2D eigenvalue weighted by Gasteiger charge is -2.07. The van der Waals surface area contributed by atoms with Crippen molar-refractivity contribution in [1.29, 1.82) is 0 Å². The van der Waals surface area contributed by atoms with Crippen LogP contribution in [0.25, 0.3) is 22.8 Å². The molecule has 0 atom stereocenters. The molecule has 0 saturated heterocycles. The Bertz CT molecular complexity index is 767.